The zero-order chi connectivity index (χ0) is 26.0. The van der Waals surface area contributed by atoms with E-state index in [0.717, 1.165) is 0 Å². The fourth-order valence-corrected chi connectivity index (χ4v) is 3.60. The van der Waals surface area contributed by atoms with Gasteiger partial charge in [0.1, 0.15) is 23.9 Å². The van der Waals surface area contributed by atoms with Crippen LogP contribution in [0.25, 0.3) is 11.2 Å². The average molecular weight is 510 g/mol. The molecule has 1 fully saturated rings. The molecule has 12 nitrogen and oxygen atoms in total. The van der Waals surface area contributed by atoms with Crippen LogP contribution >= 0.6 is 12.2 Å². The van der Waals surface area contributed by atoms with Gasteiger partial charge in [0, 0.05) is 0 Å². The highest BCUT2D eigenvalue weighted by molar-refractivity contribution is 7.71. The van der Waals surface area contributed by atoms with Gasteiger partial charge in [-0.3, -0.25) is 19.0 Å². The first-order valence-corrected chi connectivity index (χ1v) is 11.8. The summed E-state index contributed by atoms with van der Waals surface area (Å²) >= 11 is 5.25. The van der Waals surface area contributed by atoms with Gasteiger partial charge in [-0.15, -0.1) is 0 Å². The molecule has 0 radical (unpaired) electrons. The number of rotatable bonds is 8. The lowest BCUT2D eigenvalue weighted by Gasteiger charge is -2.26. The second-order valence-electron chi connectivity index (χ2n) is 9.24. The maximum atomic E-state index is 12.6. The number of nitrogen functional groups attached to an aromatic ring is 1. The van der Waals surface area contributed by atoms with Gasteiger partial charge in [0.05, 0.1) is 24.1 Å². The summed E-state index contributed by atoms with van der Waals surface area (Å²) in [7, 11) is 0. The molecule has 0 bridgehead atoms. The van der Waals surface area contributed by atoms with Gasteiger partial charge in [-0.1, -0.05) is 53.8 Å². The minimum atomic E-state index is -1.08. The number of esters is 3. The largest absolute Gasteiger partial charge is 0.463 e. The molecular formula is C22H31N5O7S. The molecule has 2 aromatic heterocycles. The molecule has 35 heavy (non-hydrogen) atoms. The van der Waals surface area contributed by atoms with E-state index in [1.54, 1.807) is 46.1 Å². The quantitative estimate of drug-likeness (QED) is 0.305. The van der Waals surface area contributed by atoms with Crippen LogP contribution in [-0.4, -0.2) is 62.3 Å². The maximum Gasteiger partial charge on any atom is 0.308 e. The van der Waals surface area contributed by atoms with E-state index < -0.39 is 54.3 Å². The molecule has 3 N–H and O–H groups in total. The molecule has 0 spiro atoms. The molecule has 4 atom stereocenters. The molecule has 13 heteroatoms. The monoisotopic (exact) mass is 509 g/mol. The molecule has 0 unspecified atom stereocenters. The van der Waals surface area contributed by atoms with Gasteiger partial charge in [0.25, 0.3) is 0 Å². The van der Waals surface area contributed by atoms with E-state index in [9.17, 15) is 14.4 Å². The Hall–Kier alpha value is -3.06. The minimum absolute atomic E-state index is 0.0585. The first kappa shape index (κ1) is 26.5. The van der Waals surface area contributed by atoms with Crippen molar-refractivity contribution in [3.63, 3.8) is 0 Å². The molecule has 1 aliphatic heterocycles. The number of nitrogens with zero attached hydrogens (tertiary/aromatic N) is 3. The van der Waals surface area contributed by atoms with Crippen LogP contribution in [0.5, 0.6) is 0 Å². The van der Waals surface area contributed by atoms with Gasteiger partial charge in [0.2, 0.25) is 0 Å². The molecule has 1 saturated heterocycles. The predicted octanol–water partition coefficient (Wildman–Crippen LogP) is 2.30. The molecule has 0 aliphatic carbocycles. The van der Waals surface area contributed by atoms with E-state index in [2.05, 4.69) is 15.0 Å². The van der Waals surface area contributed by atoms with Crippen molar-refractivity contribution in [3.05, 3.63) is 11.0 Å². The van der Waals surface area contributed by atoms with Crippen LogP contribution in [0.15, 0.2) is 6.33 Å². The number of hydrogen-bond donors (Lipinski definition) is 2. The molecule has 0 saturated carbocycles. The Morgan fingerprint density at radius 3 is 2.20 bits per heavy atom. The maximum absolute atomic E-state index is 12.6. The summed E-state index contributed by atoms with van der Waals surface area (Å²) in [5.74, 6) is -2.71. The van der Waals surface area contributed by atoms with Crippen molar-refractivity contribution < 1.29 is 33.3 Å². The van der Waals surface area contributed by atoms with Crippen molar-refractivity contribution in [2.75, 3.05) is 12.3 Å². The zero-order valence-electron chi connectivity index (χ0n) is 20.5. The fraction of sp³-hybridized carbons (Fsp3) is 0.636. The summed E-state index contributed by atoms with van der Waals surface area (Å²) in [4.78, 5) is 48.5. The first-order chi connectivity index (χ1) is 16.4. The van der Waals surface area contributed by atoms with Crippen LogP contribution in [0.4, 0.5) is 5.95 Å². The average Bonchev–Trinajstić information content (AvgIpc) is 3.33. The summed E-state index contributed by atoms with van der Waals surface area (Å²) in [5, 5.41) is 0. The SMILES string of the molecule is CC(C)C(=O)OC[C@H]1O[C@@H](n2cnc3c(=S)nc(N)[nH]c32)[C@@H](OC(=O)C(C)C)[C@H]1OC(=O)C(C)C. The summed E-state index contributed by atoms with van der Waals surface area (Å²) in [6, 6.07) is 0. The van der Waals surface area contributed by atoms with Gasteiger partial charge < -0.3 is 29.7 Å². The van der Waals surface area contributed by atoms with Crippen molar-refractivity contribution in [2.45, 2.75) is 66.1 Å². The number of aromatic amines is 1. The lowest BCUT2D eigenvalue weighted by atomic mass is 10.1. The lowest BCUT2D eigenvalue weighted by Crippen LogP contribution is -2.42. The molecule has 0 amide bonds. The molecule has 3 rings (SSSR count). The first-order valence-electron chi connectivity index (χ1n) is 11.4. The predicted molar refractivity (Wildman–Crippen MR) is 126 cm³/mol. The normalized spacial score (nSPS) is 22.2. The Morgan fingerprint density at radius 2 is 1.63 bits per heavy atom. The minimum Gasteiger partial charge on any atom is -0.463 e. The third-order valence-electron chi connectivity index (χ3n) is 5.33. The van der Waals surface area contributed by atoms with Crippen LogP contribution in [0.2, 0.25) is 0 Å². The number of ether oxygens (including phenoxy) is 4. The second-order valence-corrected chi connectivity index (χ2v) is 9.63. The number of aromatic nitrogens is 4. The van der Waals surface area contributed by atoms with Crippen molar-refractivity contribution >= 4 is 47.2 Å². The topological polar surface area (TPSA) is 161 Å². The van der Waals surface area contributed by atoms with Crippen LogP contribution in [-0.2, 0) is 33.3 Å². The van der Waals surface area contributed by atoms with Crippen LogP contribution in [0.3, 0.4) is 0 Å². The molecule has 3 heterocycles. The Balaban J connectivity index is 2.06. The summed E-state index contributed by atoms with van der Waals surface area (Å²) in [5.41, 5.74) is 6.58. The molecular weight excluding hydrogens is 478 g/mol. The number of H-pyrrole nitrogens is 1. The van der Waals surface area contributed by atoms with Gasteiger partial charge >= 0.3 is 17.9 Å². The number of hydrogen-bond acceptors (Lipinski definition) is 11. The number of imidazole rings is 1. The number of nitrogens with one attached hydrogen (secondary N) is 1. The third kappa shape index (κ3) is 5.78. The summed E-state index contributed by atoms with van der Waals surface area (Å²) in [6.45, 7) is 9.90. The summed E-state index contributed by atoms with van der Waals surface area (Å²) < 4.78 is 24.8. The Morgan fingerprint density at radius 1 is 1.06 bits per heavy atom. The van der Waals surface area contributed by atoms with E-state index in [0.29, 0.717) is 11.2 Å². The highest BCUT2D eigenvalue weighted by atomic mass is 32.1. The van der Waals surface area contributed by atoms with Crippen molar-refractivity contribution in [2.24, 2.45) is 17.8 Å². The van der Waals surface area contributed by atoms with Gasteiger partial charge in [0.15, 0.2) is 29.0 Å². The fourth-order valence-electron chi connectivity index (χ4n) is 3.35. The van der Waals surface area contributed by atoms with E-state index in [4.69, 9.17) is 36.9 Å². The molecule has 192 valence electrons. The lowest BCUT2D eigenvalue weighted by molar-refractivity contribution is -0.173. The van der Waals surface area contributed by atoms with E-state index >= 15 is 0 Å². The van der Waals surface area contributed by atoms with E-state index in [1.165, 1.54) is 6.33 Å². The van der Waals surface area contributed by atoms with Gasteiger partial charge in [-0.05, 0) is 0 Å². The Labute approximate surface area is 207 Å². The zero-order valence-corrected chi connectivity index (χ0v) is 21.3. The second kappa shape index (κ2) is 10.7. The number of anilines is 1. The van der Waals surface area contributed by atoms with Crippen LogP contribution in [0.1, 0.15) is 47.8 Å². The molecule has 0 aromatic carbocycles. The standard InChI is InChI=1S/C22H31N5O7S/c1-9(2)19(28)31-7-12-14(33-20(29)10(3)4)15(34-21(30)11(5)6)18(32-12)27-8-24-13-16(27)25-22(23)26-17(13)35/h8-12,14-15,18H,7H2,1-6H3,(H3,23,25,26,35)/t12-,14+,15+,18-/m1/s1. The summed E-state index contributed by atoms with van der Waals surface area (Å²) in [6.07, 6.45) is -2.62. The number of carbonyl (C=O) groups excluding carboxylic acids is 3. The van der Waals surface area contributed by atoms with Crippen LogP contribution in [0, 0.1) is 22.4 Å². The highest BCUT2D eigenvalue weighted by Gasteiger charge is 2.51. The number of fused-ring (bicyclic) bond motifs is 1. The van der Waals surface area contributed by atoms with Crippen molar-refractivity contribution in [1.29, 1.82) is 0 Å². The van der Waals surface area contributed by atoms with Crippen molar-refractivity contribution in [1.82, 2.24) is 19.5 Å². The van der Waals surface area contributed by atoms with Gasteiger partial charge in [-0.25, -0.2) is 9.97 Å². The number of nitrogens with two attached hydrogens (primary N) is 1. The Bertz CT molecular complexity index is 1160. The highest BCUT2D eigenvalue weighted by Crippen LogP contribution is 2.36. The van der Waals surface area contributed by atoms with Gasteiger partial charge in [-0.2, -0.15) is 0 Å². The smallest absolute Gasteiger partial charge is 0.308 e. The number of carbonyl (C=O) groups is 3. The van der Waals surface area contributed by atoms with E-state index in [1.807, 2.05) is 0 Å². The van der Waals surface area contributed by atoms with Crippen molar-refractivity contribution in [3.8, 4) is 0 Å². The molecule has 2 aromatic rings. The third-order valence-corrected chi connectivity index (χ3v) is 5.62. The Kier molecular flexibility index (Phi) is 8.11. The van der Waals surface area contributed by atoms with Crippen LogP contribution < -0.4 is 5.73 Å². The molecule has 1 aliphatic rings. The van der Waals surface area contributed by atoms with E-state index in [-0.39, 0.29) is 23.1 Å².